The highest BCUT2D eigenvalue weighted by molar-refractivity contribution is 5.80. The van der Waals surface area contributed by atoms with Gasteiger partial charge in [-0.05, 0) is 25.7 Å². The van der Waals surface area contributed by atoms with Crippen LogP contribution in [0.2, 0.25) is 0 Å². The number of likely N-dealkylation sites (tertiary alicyclic amines) is 1. The minimum absolute atomic E-state index is 0.288. The van der Waals surface area contributed by atoms with Crippen molar-refractivity contribution < 1.29 is 9.53 Å². The van der Waals surface area contributed by atoms with Crippen molar-refractivity contribution in [2.75, 3.05) is 52.5 Å². The highest BCUT2D eigenvalue weighted by atomic mass is 16.5. The number of rotatable bonds is 8. The molecule has 0 N–H and O–H groups in total. The van der Waals surface area contributed by atoms with Gasteiger partial charge in [0, 0.05) is 76.6 Å². The van der Waals surface area contributed by atoms with E-state index in [1.54, 1.807) is 0 Å². The van der Waals surface area contributed by atoms with Crippen LogP contribution in [0, 0.1) is 5.92 Å². The van der Waals surface area contributed by atoms with Crippen LogP contribution in [0.5, 0.6) is 0 Å². The van der Waals surface area contributed by atoms with Crippen LogP contribution in [0.1, 0.15) is 37.7 Å². The third kappa shape index (κ3) is 4.93. The molecular weight excluding hydrogens is 354 g/mol. The maximum Gasteiger partial charge on any atom is 0.225 e. The largest absolute Gasteiger partial charge is 0.379 e. The molecule has 156 valence electrons. The van der Waals surface area contributed by atoms with Crippen molar-refractivity contribution in [3.05, 3.63) is 18.0 Å². The van der Waals surface area contributed by atoms with E-state index >= 15 is 0 Å². The monoisotopic (exact) mass is 389 g/mol. The molecule has 0 bridgehead atoms. The Morgan fingerprint density at radius 2 is 2.04 bits per heavy atom. The zero-order chi connectivity index (χ0) is 19.3. The van der Waals surface area contributed by atoms with Crippen molar-refractivity contribution >= 4 is 5.91 Å². The average Bonchev–Trinajstić information content (AvgIpc) is 3.27. The van der Waals surface area contributed by atoms with E-state index in [1.807, 2.05) is 17.9 Å². The molecular formula is C21H35N5O2. The Bertz CT molecular complexity index is 638. The molecule has 7 nitrogen and oxygen atoms in total. The molecule has 7 heteroatoms. The van der Waals surface area contributed by atoms with E-state index in [-0.39, 0.29) is 5.92 Å². The van der Waals surface area contributed by atoms with Gasteiger partial charge in [0.05, 0.1) is 19.4 Å². The summed E-state index contributed by atoms with van der Waals surface area (Å²) in [6, 6.07) is 0.370. The van der Waals surface area contributed by atoms with Crippen molar-refractivity contribution in [2.45, 2.75) is 44.7 Å². The Morgan fingerprint density at radius 3 is 2.71 bits per heavy atom. The molecule has 4 rings (SSSR count). The second-order valence-electron chi connectivity index (χ2n) is 8.67. The Morgan fingerprint density at radius 1 is 1.21 bits per heavy atom. The molecule has 0 spiro atoms. The first-order valence-corrected chi connectivity index (χ1v) is 11.0. The molecule has 1 atom stereocenters. The molecule has 1 aromatic rings. The first-order chi connectivity index (χ1) is 13.7. The van der Waals surface area contributed by atoms with Crippen molar-refractivity contribution in [2.24, 2.45) is 13.0 Å². The van der Waals surface area contributed by atoms with Crippen molar-refractivity contribution in [3.8, 4) is 0 Å². The molecule has 2 aliphatic heterocycles. The van der Waals surface area contributed by atoms with E-state index in [0.717, 1.165) is 84.7 Å². The van der Waals surface area contributed by atoms with Gasteiger partial charge in [-0.25, -0.2) is 0 Å². The molecule has 1 aromatic heterocycles. The van der Waals surface area contributed by atoms with Gasteiger partial charge in [0.15, 0.2) is 0 Å². The second-order valence-corrected chi connectivity index (χ2v) is 8.67. The van der Waals surface area contributed by atoms with E-state index in [9.17, 15) is 4.79 Å². The van der Waals surface area contributed by atoms with Gasteiger partial charge in [0.1, 0.15) is 0 Å². The van der Waals surface area contributed by atoms with Crippen molar-refractivity contribution in [1.29, 1.82) is 0 Å². The van der Waals surface area contributed by atoms with Gasteiger partial charge >= 0.3 is 0 Å². The lowest BCUT2D eigenvalue weighted by atomic mass is 9.84. The standard InChI is InChI=1S/C21H35N5O2/c1-23-15-18(14-22-23)16-25-9-6-20(17-25)26(21(27)19-4-2-5-19)8-3-7-24-10-12-28-13-11-24/h14-15,19-20H,2-13,16-17H2,1H3. The number of hydrogen-bond acceptors (Lipinski definition) is 5. The predicted molar refractivity (Wildman–Crippen MR) is 108 cm³/mol. The maximum atomic E-state index is 13.1. The van der Waals surface area contributed by atoms with Crippen LogP contribution in [0.25, 0.3) is 0 Å². The van der Waals surface area contributed by atoms with Crippen LogP contribution in [-0.2, 0) is 23.1 Å². The second kappa shape index (κ2) is 9.37. The lowest BCUT2D eigenvalue weighted by Gasteiger charge is -2.36. The predicted octanol–water partition coefficient (Wildman–Crippen LogP) is 1.35. The van der Waals surface area contributed by atoms with Gasteiger partial charge in [-0.1, -0.05) is 6.42 Å². The topological polar surface area (TPSA) is 53.8 Å². The van der Waals surface area contributed by atoms with E-state index in [1.165, 1.54) is 12.0 Å². The number of aromatic nitrogens is 2. The Balaban J connectivity index is 1.31. The van der Waals surface area contributed by atoms with E-state index in [2.05, 4.69) is 26.0 Å². The fourth-order valence-corrected chi connectivity index (χ4v) is 4.67. The summed E-state index contributed by atoms with van der Waals surface area (Å²) in [5, 5.41) is 4.28. The molecule has 2 saturated heterocycles. The summed E-state index contributed by atoms with van der Waals surface area (Å²) in [7, 11) is 1.96. The first kappa shape index (κ1) is 19.9. The van der Waals surface area contributed by atoms with Gasteiger partial charge in [0.2, 0.25) is 5.91 Å². The molecule has 1 aliphatic carbocycles. The lowest BCUT2D eigenvalue weighted by molar-refractivity contribution is -0.140. The molecule has 3 fully saturated rings. The van der Waals surface area contributed by atoms with Crippen LogP contribution >= 0.6 is 0 Å². The van der Waals surface area contributed by atoms with Crippen LogP contribution in [0.4, 0.5) is 0 Å². The maximum absolute atomic E-state index is 13.1. The van der Waals surface area contributed by atoms with Crippen LogP contribution in [0.15, 0.2) is 12.4 Å². The number of morpholine rings is 1. The Hall–Kier alpha value is -1.44. The van der Waals surface area contributed by atoms with E-state index in [4.69, 9.17) is 4.74 Å². The summed E-state index contributed by atoms with van der Waals surface area (Å²) in [4.78, 5) is 20.3. The Kier molecular flexibility index (Phi) is 6.65. The smallest absolute Gasteiger partial charge is 0.225 e. The zero-order valence-corrected chi connectivity index (χ0v) is 17.3. The van der Waals surface area contributed by atoms with Gasteiger partial charge < -0.3 is 9.64 Å². The van der Waals surface area contributed by atoms with Crippen LogP contribution in [0.3, 0.4) is 0 Å². The number of aryl methyl sites for hydroxylation is 1. The Labute approximate surface area is 168 Å². The summed E-state index contributed by atoms with van der Waals surface area (Å²) in [5.74, 6) is 0.706. The molecule has 0 aromatic carbocycles. The molecule has 3 heterocycles. The molecule has 0 radical (unpaired) electrons. The van der Waals surface area contributed by atoms with Crippen molar-refractivity contribution in [3.63, 3.8) is 0 Å². The molecule has 1 amide bonds. The first-order valence-electron chi connectivity index (χ1n) is 11.0. The fraction of sp³-hybridized carbons (Fsp3) is 0.810. The zero-order valence-electron chi connectivity index (χ0n) is 17.3. The normalized spacial score (nSPS) is 24.4. The fourth-order valence-electron chi connectivity index (χ4n) is 4.67. The average molecular weight is 390 g/mol. The summed E-state index contributed by atoms with van der Waals surface area (Å²) < 4.78 is 7.31. The van der Waals surface area contributed by atoms with E-state index < -0.39 is 0 Å². The van der Waals surface area contributed by atoms with E-state index in [0.29, 0.717) is 11.9 Å². The van der Waals surface area contributed by atoms with Gasteiger partial charge in [0.25, 0.3) is 0 Å². The highest BCUT2D eigenvalue weighted by Gasteiger charge is 2.35. The minimum atomic E-state index is 0.288. The lowest BCUT2D eigenvalue weighted by Crippen LogP contribution is -2.47. The molecule has 1 unspecified atom stereocenters. The number of carbonyl (C=O) groups excluding carboxylic acids is 1. The van der Waals surface area contributed by atoms with Gasteiger partial charge in [-0.15, -0.1) is 0 Å². The van der Waals surface area contributed by atoms with Gasteiger partial charge in [-0.2, -0.15) is 5.10 Å². The summed E-state index contributed by atoms with van der Waals surface area (Å²) in [5.41, 5.74) is 1.26. The van der Waals surface area contributed by atoms with Gasteiger partial charge in [-0.3, -0.25) is 19.3 Å². The third-order valence-electron chi connectivity index (χ3n) is 6.57. The third-order valence-corrected chi connectivity index (χ3v) is 6.57. The summed E-state index contributed by atoms with van der Waals surface area (Å²) in [6.45, 7) is 8.71. The number of ether oxygens (including phenoxy) is 1. The van der Waals surface area contributed by atoms with Crippen LogP contribution < -0.4 is 0 Å². The SMILES string of the molecule is Cn1cc(CN2CCC(N(CCCN3CCOCC3)C(=O)C3CCC3)C2)cn1. The van der Waals surface area contributed by atoms with Crippen molar-refractivity contribution in [1.82, 2.24) is 24.5 Å². The summed E-state index contributed by atoms with van der Waals surface area (Å²) >= 11 is 0. The molecule has 1 saturated carbocycles. The summed E-state index contributed by atoms with van der Waals surface area (Å²) in [6.07, 6.45) is 9.60. The number of amides is 1. The molecule has 28 heavy (non-hydrogen) atoms. The minimum Gasteiger partial charge on any atom is -0.379 e. The number of nitrogens with zero attached hydrogens (tertiary/aromatic N) is 5. The number of hydrogen-bond donors (Lipinski definition) is 0. The van der Waals surface area contributed by atoms with Crippen LogP contribution in [-0.4, -0.2) is 88.9 Å². The highest BCUT2D eigenvalue weighted by Crippen LogP contribution is 2.30. The quantitative estimate of drug-likeness (QED) is 0.672. The molecule has 3 aliphatic rings. The number of carbonyl (C=O) groups is 1.